The van der Waals surface area contributed by atoms with Gasteiger partial charge in [-0.05, 0) is 29.7 Å². The summed E-state index contributed by atoms with van der Waals surface area (Å²) in [6, 6.07) is 25.0. The lowest BCUT2D eigenvalue weighted by molar-refractivity contribution is -0.158. The maximum atomic E-state index is 13.8. The summed E-state index contributed by atoms with van der Waals surface area (Å²) < 4.78 is 5.69. The molecule has 2 atom stereocenters. The number of aromatic nitrogens is 1. The summed E-state index contributed by atoms with van der Waals surface area (Å²) >= 11 is 0. The van der Waals surface area contributed by atoms with Gasteiger partial charge < -0.3 is 19.5 Å². The lowest BCUT2D eigenvalue weighted by Crippen LogP contribution is -2.63. The van der Waals surface area contributed by atoms with Gasteiger partial charge in [0.25, 0.3) is 0 Å². The van der Waals surface area contributed by atoms with Gasteiger partial charge in [0, 0.05) is 35.1 Å². The third-order valence-electron chi connectivity index (χ3n) is 7.29. The van der Waals surface area contributed by atoms with Gasteiger partial charge in [0.1, 0.15) is 17.8 Å². The quantitative estimate of drug-likeness (QED) is 0.483. The number of amides is 2. The second-order valence-corrected chi connectivity index (χ2v) is 9.22. The Bertz CT molecular complexity index is 1410. The van der Waals surface area contributed by atoms with Crippen LogP contribution >= 0.6 is 0 Å². The van der Waals surface area contributed by atoms with Gasteiger partial charge in [0.05, 0.1) is 13.7 Å². The zero-order valence-corrected chi connectivity index (χ0v) is 19.6. The number of fused-ring (bicyclic) bond motifs is 4. The van der Waals surface area contributed by atoms with Crippen molar-refractivity contribution in [3.63, 3.8) is 0 Å². The molecule has 1 N–H and O–H groups in total. The maximum Gasteiger partial charge on any atom is 0.246 e. The van der Waals surface area contributed by atoms with Crippen LogP contribution in [0, 0.1) is 0 Å². The van der Waals surface area contributed by atoms with Crippen molar-refractivity contribution in [3.8, 4) is 5.75 Å². The van der Waals surface area contributed by atoms with Gasteiger partial charge in [-0.25, -0.2) is 0 Å². The number of benzene rings is 3. The van der Waals surface area contributed by atoms with E-state index in [0.717, 1.165) is 39.7 Å². The number of carbonyl (C=O) groups excluding carboxylic acids is 2. The standard InChI is InChI=1S/C29H27N3O3/c1-35-25-14-8-6-12-21(25)28-27-22(20-11-5-7-13-23(20)30-27)17-24-29(34)31(18-26(33)32(24)28)16-15-19-9-3-2-4-10-19/h2-14,24,28,30H,15-18H2,1H3/t24-,28+/m0/s1. The number of nitrogens with zero attached hydrogens (tertiary/aromatic N) is 2. The number of nitrogens with one attached hydrogen (secondary N) is 1. The van der Waals surface area contributed by atoms with E-state index in [2.05, 4.69) is 23.2 Å². The Morgan fingerprint density at radius 1 is 0.943 bits per heavy atom. The predicted octanol–water partition coefficient (Wildman–Crippen LogP) is 4.10. The summed E-state index contributed by atoms with van der Waals surface area (Å²) in [4.78, 5) is 34.6. The highest BCUT2D eigenvalue weighted by Crippen LogP contribution is 2.44. The highest BCUT2D eigenvalue weighted by Gasteiger charge is 2.48. The minimum Gasteiger partial charge on any atom is -0.496 e. The third kappa shape index (κ3) is 3.57. The van der Waals surface area contributed by atoms with Gasteiger partial charge in [0.2, 0.25) is 11.8 Å². The number of hydrogen-bond acceptors (Lipinski definition) is 3. The Morgan fingerprint density at radius 3 is 2.51 bits per heavy atom. The smallest absolute Gasteiger partial charge is 0.246 e. The van der Waals surface area contributed by atoms with Gasteiger partial charge in [0.15, 0.2) is 0 Å². The number of para-hydroxylation sites is 2. The van der Waals surface area contributed by atoms with E-state index in [4.69, 9.17) is 4.74 Å². The summed E-state index contributed by atoms with van der Waals surface area (Å²) in [6.45, 7) is 0.613. The minimum absolute atomic E-state index is 0.0105. The average molecular weight is 466 g/mol. The summed E-state index contributed by atoms with van der Waals surface area (Å²) in [5, 5.41) is 1.10. The molecule has 35 heavy (non-hydrogen) atoms. The molecular formula is C29H27N3O3. The molecule has 6 heteroatoms. The number of ether oxygens (including phenoxy) is 1. The SMILES string of the molecule is COc1ccccc1[C@@H]1c2[nH]c3ccccc3c2C[C@H]2C(=O)N(CCc3ccccc3)CC(=O)N12. The first-order valence-electron chi connectivity index (χ1n) is 12.0. The van der Waals surface area contributed by atoms with Crippen molar-refractivity contribution in [1.82, 2.24) is 14.8 Å². The Hall–Kier alpha value is -4.06. The van der Waals surface area contributed by atoms with Crippen molar-refractivity contribution >= 4 is 22.7 Å². The Morgan fingerprint density at radius 2 is 1.69 bits per heavy atom. The molecule has 4 aromatic rings. The molecule has 1 aromatic heterocycles. The minimum atomic E-state index is -0.548. The molecule has 2 aliphatic heterocycles. The van der Waals surface area contributed by atoms with Gasteiger partial charge in [-0.1, -0.05) is 66.7 Å². The molecule has 2 amide bonds. The molecule has 3 aromatic carbocycles. The fraction of sp³-hybridized carbons (Fsp3) is 0.241. The lowest BCUT2D eigenvalue weighted by atomic mass is 9.86. The Balaban J connectivity index is 1.43. The van der Waals surface area contributed by atoms with Crippen LogP contribution in [0.15, 0.2) is 78.9 Å². The van der Waals surface area contributed by atoms with E-state index < -0.39 is 12.1 Å². The second-order valence-electron chi connectivity index (χ2n) is 9.22. The first-order chi connectivity index (χ1) is 17.2. The van der Waals surface area contributed by atoms with Crippen LogP contribution < -0.4 is 4.74 Å². The van der Waals surface area contributed by atoms with E-state index in [1.165, 1.54) is 0 Å². The largest absolute Gasteiger partial charge is 0.496 e. The number of aromatic amines is 1. The molecule has 0 saturated carbocycles. The molecule has 6 nitrogen and oxygen atoms in total. The summed E-state index contributed by atoms with van der Waals surface area (Å²) in [5.74, 6) is 0.675. The molecule has 0 aliphatic carbocycles. The molecule has 3 heterocycles. The van der Waals surface area contributed by atoms with Crippen molar-refractivity contribution in [3.05, 3.63) is 101 Å². The van der Waals surface area contributed by atoms with Crippen molar-refractivity contribution in [2.75, 3.05) is 20.2 Å². The first-order valence-corrected chi connectivity index (χ1v) is 12.0. The van der Waals surface area contributed by atoms with Crippen molar-refractivity contribution in [2.45, 2.75) is 24.9 Å². The highest BCUT2D eigenvalue weighted by molar-refractivity contribution is 5.97. The second kappa shape index (κ2) is 8.62. The molecule has 2 aliphatic rings. The number of rotatable bonds is 5. The predicted molar refractivity (Wildman–Crippen MR) is 134 cm³/mol. The van der Waals surface area contributed by atoms with E-state index in [1.807, 2.05) is 60.7 Å². The zero-order chi connectivity index (χ0) is 23.9. The molecule has 1 saturated heterocycles. The topological polar surface area (TPSA) is 65.6 Å². The highest BCUT2D eigenvalue weighted by atomic mass is 16.5. The molecule has 0 spiro atoms. The average Bonchev–Trinajstić information content (AvgIpc) is 3.28. The van der Waals surface area contributed by atoms with Crippen LogP contribution in [0.1, 0.15) is 28.4 Å². The lowest BCUT2D eigenvalue weighted by Gasteiger charge is -2.47. The number of H-pyrrole nitrogens is 1. The first kappa shape index (κ1) is 21.5. The van der Waals surface area contributed by atoms with Gasteiger partial charge >= 0.3 is 0 Å². The van der Waals surface area contributed by atoms with Crippen LogP contribution in [0.2, 0.25) is 0 Å². The fourth-order valence-corrected chi connectivity index (χ4v) is 5.64. The number of methoxy groups -OCH3 is 1. The van der Waals surface area contributed by atoms with Gasteiger partial charge in [-0.2, -0.15) is 0 Å². The molecule has 1 fully saturated rings. The van der Waals surface area contributed by atoms with Crippen molar-refractivity contribution in [2.24, 2.45) is 0 Å². The summed E-state index contributed by atoms with van der Waals surface area (Å²) in [5.41, 5.74) is 5.11. The monoisotopic (exact) mass is 465 g/mol. The number of carbonyl (C=O) groups is 2. The van der Waals surface area contributed by atoms with Crippen LogP contribution in [0.25, 0.3) is 10.9 Å². The van der Waals surface area contributed by atoms with Crippen LogP contribution in [0.3, 0.4) is 0 Å². The normalized spacial score (nSPS) is 19.6. The molecule has 0 bridgehead atoms. The maximum absolute atomic E-state index is 13.8. The third-order valence-corrected chi connectivity index (χ3v) is 7.29. The number of hydrogen-bond donors (Lipinski definition) is 1. The van der Waals surface area contributed by atoms with Crippen LogP contribution in [0.4, 0.5) is 0 Å². The number of piperazine rings is 1. The van der Waals surface area contributed by atoms with E-state index in [1.54, 1.807) is 16.9 Å². The van der Waals surface area contributed by atoms with Crippen molar-refractivity contribution < 1.29 is 14.3 Å². The Kier molecular flexibility index (Phi) is 5.29. The molecule has 0 radical (unpaired) electrons. The summed E-state index contributed by atoms with van der Waals surface area (Å²) in [6.07, 6.45) is 1.22. The van der Waals surface area contributed by atoms with Crippen LogP contribution in [-0.4, -0.2) is 52.8 Å². The fourth-order valence-electron chi connectivity index (χ4n) is 5.64. The van der Waals surface area contributed by atoms with E-state index in [0.29, 0.717) is 18.7 Å². The zero-order valence-electron chi connectivity index (χ0n) is 19.6. The molecular weight excluding hydrogens is 438 g/mol. The van der Waals surface area contributed by atoms with Crippen molar-refractivity contribution in [1.29, 1.82) is 0 Å². The van der Waals surface area contributed by atoms with E-state index >= 15 is 0 Å². The van der Waals surface area contributed by atoms with Crippen LogP contribution in [-0.2, 0) is 22.4 Å². The van der Waals surface area contributed by atoms with Gasteiger partial charge in [-0.3, -0.25) is 9.59 Å². The summed E-state index contributed by atoms with van der Waals surface area (Å²) in [7, 11) is 1.64. The van der Waals surface area contributed by atoms with Gasteiger partial charge in [-0.15, -0.1) is 0 Å². The van der Waals surface area contributed by atoms with E-state index in [9.17, 15) is 9.59 Å². The molecule has 0 unspecified atom stereocenters. The molecule has 176 valence electrons. The Labute approximate surface area is 204 Å². The van der Waals surface area contributed by atoms with E-state index in [-0.39, 0.29) is 18.4 Å². The molecule has 6 rings (SSSR count). The van der Waals surface area contributed by atoms with Crippen LogP contribution in [0.5, 0.6) is 5.75 Å².